The molecular weight excluding hydrogens is 270 g/mol. The molecule has 0 heterocycles. The topological polar surface area (TPSA) is 70.0 Å². The summed E-state index contributed by atoms with van der Waals surface area (Å²) in [5, 5.41) is 18.7. The fourth-order valence-electron chi connectivity index (χ4n) is 1.77. The van der Waals surface area contributed by atoms with Crippen LogP contribution in [0.5, 0.6) is 5.75 Å². The van der Waals surface area contributed by atoms with Gasteiger partial charge in [0.25, 0.3) is 0 Å². The van der Waals surface area contributed by atoms with Crippen LogP contribution in [0.25, 0.3) is 0 Å². The second-order valence-corrected chi connectivity index (χ2v) is 5.24. The van der Waals surface area contributed by atoms with E-state index < -0.39 is 12.1 Å². The minimum atomic E-state index is -0.838. The van der Waals surface area contributed by atoms with E-state index in [4.69, 9.17) is 9.84 Å². The number of nitrogens with zero attached hydrogens (tertiary/aromatic N) is 1. The lowest BCUT2D eigenvalue weighted by Crippen LogP contribution is -2.27. The number of rotatable bonds is 9. The van der Waals surface area contributed by atoms with Crippen LogP contribution in [0.2, 0.25) is 0 Å². The summed E-state index contributed by atoms with van der Waals surface area (Å²) in [6.07, 6.45) is -0.587. The molecule has 1 aromatic rings. The van der Waals surface area contributed by atoms with Crippen LogP contribution < -0.4 is 4.74 Å². The monoisotopic (exact) mass is 293 g/mol. The molecule has 1 rings (SSSR count). The van der Waals surface area contributed by atoms with Crippen molar-refractivity contribution in [2.75, 3.05) is 26.7 Å². The van der Waals surface area contributed by atoms with Gasteiger partial charge in [-0.25, -0.2) is 0 Å². The molecule has 0 aliphatic heterocycles. The number of ether oxygens (including phenoxy) is 1. The molecule has 21 heavy (non-hydrogen) atoms. The van der Waals surface area contributed by atoms with E-state index in [1.54, 1.807) is 24.1 Å². The smallest absolute Gasteiger partial charge is 0.304 e. The molecule has 0 radical (unpaired) electrons. The van der Waals surface area contributed by atoms with Crippen molar-refractivity contribution in [1.82, 2.24) is 4.90 Å². The van der Waals surface area contributed by atoms with E-state index in [9.17, 15) is 9.90 Å². The van der Waals surface area contributed by atoms with Crippen molar-refractivity contribution >= 4 is 5.97 Å². The summed E-state index contributed by atoms with van der Waals surface area (Å²) in [5.41, 5.74) is 1.72. The van der Waals surface area contributed by atoms with Crippen molar-refractivity contribution in [3.8, 4) is 5.75 Å². The molecule has 0 saturated carbocycles. The number of benzene rings is 1. The molecule has 1 unspecified atom stereocenters. The van der Waals surface area contributed by atoms with Gasteiger partial charge in [-0.15, -0.1) is 0 Å². The first-order valence-electron chi connectivity index (χ1n) is 6.84. The summed E-state index contributed by atoms with van der Waals surface area (Å²) >= 11 is 0. The van der Waals surface area contributed by atoms with Gasteiger partial charge >= 0.3 is 5.97 Å². The van der Waals surface area contributed by atoms with Gasteiger partial charge in [-0.1, -0.05) is 18.7 Å². The summed E-state index contributed by atoms with van der Waals surface area (Å²) in [4.78, 5) is 12.3. The molecule has 1 atom stereocenters. The Morgan fingerprint density at radius 2 is 2.00 bits per heavy atom. The molecule has 0 aliphatic rings. The standard InChI is InChI=1S/C16H23NO4/c1-12(2)11-21-14-6-4-13(5-7-14)15(18)10-17(3)9-8-16(19)20/h4-7,15,18H,1,8-11H2,2-3H3,(H,19,20). The molecule has 0 saturated heterocycles. The second kappa shape index (κ2) is 8.44. The summed E-state index contributed by atoms with van der Waals surface area (Å²) in [6.45, 7) is 6.93. The van der Waals surface area contributed by atoms with Gasteiger partial charge in [0.15, 0.2) is 0 Å². The number of hydrogen-bond acceptors (Lipinski definition) is 4. The van der Waals surface area contributed by atoms with Gasteiger partial charge in [-0.3, -0.25) is 4.79 Å². The first-order chi connectivity index (χ1) is 9.88. The second-order valence-electron chi connectivity index (χ2n) is 5.24. The SMILES string of the molecule is C=C(C)COc1ccc(C(O)CN(C)CCC(=O)O)cc1. The van der Waals surface area contributed by atoms with E-state index >= 15 is 0 Å². The predicted molar refractivity (Wildman–Crippen MR) is 81.5 cm³/mol. The molecule has 0 fully saturated rings. The highest BCUT2D eigenvalue weighted by Gasteiger charge is 2.11. The highest BCUT2D eigenvalue weighted by Crippen LogP contribution is 2.19. The Balaban J connectivity index is 2.48. The quantitative estimate of drug-likeness (QED) is 0.682. The Bertz CT molecular complexity index is 470. The Hall–Kier alpha value is -1.85. The first-order valence-corrected chi connectivity index (χ1v) is 6.84. The molecule has 116 valence electrons. The lowest BCUT2D eigenvalue weighted by atomic mass is 10.1. The fraction of sp³-hybridized carbons (Fsp3) is 0.438. The highest BCUT2D eigenvalue weighted by molar-refractivity contribution is 5.66. The van der Waals surface area contributed by atoms with Gasteiger partial charge in [0, 0.05) is 13.1 Å². The van der Waals surface area contributed by atoms with E-state index in [-0.39, 0.29) is 6.42 Å². The number of aliphatic hydroxyl groups excluding tert-OH is 1. The predicted octanol–water partition coefficient (Wildman–Crippen LogP) is 2.08. The van der Waals surface area contributed by atoms with Crippen LogP contribution >= 0.6 is 0 Å². The van der Waals surface area contributed by atoms with E-state index in [1.165, 1.54) is 0 Å². The van der Waals surface area contributed by atoms with Crippen LogP contribution in [0.3, 0.4) is 0 Å². The molecular formula is C16H23NO4. The first kappa shape index (κ1) is 17.2. The summed E-state index contributed by atoms with van der Waals surface area (Å²) in [7, 11) is 1.79. The number of carboxylic acids is 1. The lowest BCUT2D eigenvalue weighted by molar-refractivity contribution is -0.137. The fourth-order valence-corrected chi connectivity index (χ4v) is 1.77. The normalized spacial score (nSPS) is 12.2. The van der Waals surface area contributed by atoms with Crippen LogP contribution in [0.15, 0.2) is 36.4 Å². The van der Waals surface area contributed by atoms with Crippen LogP contribution in [-0.2, 0) is 4.79 Å². The Kier molecular flexibility index (Phi) is 6.91. The van der Waals surface area contributed by atoms with Crippen LogP contribution in [0.4, 0.5) is 0 Å². The van der Waals surface area contributed by atoms with Gasteiger partial charge in [0.05, 0.1) is 12.5 Å². The largest absolute Gasteiger partial charge is 0.489 e. The Labute approximate surface area is 125 Å². The molecule has 2 N–H and O–H groups in total. The van der Waals surface area contributed by atoms with Gasteiger partial charge in [-0.2, -0.15) is 0 Å². The third kappa shape index (κ3) is 6.92. The number of carbonyl (C=O) groups is 1. The van der Waals surface area contributed by atoms with Gasteiger partial charge in [0.1, 0.15) is 12.4 Å². The summed E-state index contributed by atoms with van der Waals surface area (Å²) in [6, 6.07) is 7.23. The zero-order valence-electron chi connectivity index (χ0n) is 12.6. The molecule has 0 aromatic heterocycles. The van der Waals surface area contributed by atoms with Gasteiger partial charge in [-0.05, 0) is 37.2 Å². The minimum absolute atomic E-state index is 0.0664. The zero-order valence-corrected chi connectivity index (χ0v) is 12.6. The van der Waals surface area contributed by atoms with Crippen LogP contribution in [-0.4, -0.2) is 47.8 Å². The Morgan fingerprint density at radius 3 is 2.52 bits per heavy atom. The number of hydrogen-bond donors (Lipinski definition) is 2. The zero-order chi connectivity index (χ0) is 15.8. The average Bonchev–Trinajstić information content (AvgIpc) is 2.43. The maximum Gasteiger partial charge on any atom is 0.304 e. The number of aliphatic carboxylic acids is 1. The third-order valence-corrected chi connectivity index (χ3v) is 2.94. The van der Waals surface area contributed by atoms with Crippen molar-refractivity contribution in [3.63, 3.8) is 0 Å². The van der Waals surface area contributed by atoms with Crippen molar-refractivity contribution in [3.05, 3.63) is 42.0 Å². The van der Waals surface area contributed by atoms with Gasteiger partial charge in [0.2, 0.25) is 0 Å². The summed E-state index contributed by atoms with van der Waals surface area (Å²) in [5.74, 6) is -0.108. The van der Waals surface area contributed by atoms with Crippen molar-refractivity contribution in [1.29, 1.82) is 0 Å². The number of carboxylic acid groups (broad SMARTS) is 1. The molecule has 0 bridgehead atoms. The maximum atomic E-state index is 10.5. The van der Waals surface area contributed by atoms with Crippen molar-refractivity contribution in [2.24, 2.45) is 0 Å². The summed E-state index contributed by atoms with van der Waals surface area (Å²) < 4.78 is 5.49. The van der Waals surface area contributed by atoms with Crippen molar-refractivity contribution < 1.29 is 19.7 Å². The van der Waals surface area contributed by atoms with E-state index in [0.29, 0.717) is 19.7 Å². The van der Waals surface area contributed by atoms with E-state index in [1.807, 2.05) is 19.1 Å². The molecule has 1 aromatic carbocycles. The van der Waals surface area contributed by atoms with Gasteiger partial charge < -0.3 is 19.8 Å². The van der Waals surface area contributed by atoms with Crippen molar-refractivity contribution in [2.45, 2.75) is 19.4 Å². The molecule has 5 heteroatoms. The van der Waals surface area contributed by atoms with E-state index in [2.05, 4.69) is 6.58 Å². The molecule has 0 aliphatic carbocycles. The van der Waals surface area contributed by atoms with Crippen LogP contribution in [0.1, 0.15) is 25.0 Å². The molecule has 5 nitrogen and oxygen atoms in total. The molecule has 0 amide bonds. The minimum Gasteiger partial charge on any atom is -0.489 e. The third-order valence-electron chi connectivity index (χ3n) is 2.94. The Morgan fingerprint density at radius 1 is 1.38 bits per heavy atom. The lowest BCUT2D eigenvalue weighted by Gasteiger charge is -2.20. The highest BCUT2D eigenvalue weighted by atomic mass is 16.5. The van der Waals surface area contributed by atoms with Crippen LogP contribution in [0, 0.1) is 0 Å². The molecule has 0 spiro atoms. The maximum absolute atomic E-state index is 10.5. The number of aliphatic hydroxyl groups is 1. The number of likely N-dealkylation sites (N-methyl/N-ethyl adjacent to an activating group) is 1. The van der Waals surface area contributed by atoms with E-state index in [0.717, 1.165) is 16.9 Å². The average molecular weight is 293 g/mol.